The number of alkyl halides is 3. The van der Waals surface area contributed by atoms with E-state index in [-0.39, 0.29) is 22.9 Å². The third-order valence-electron chi connectivity index (χ3n) is 4.45. The van der Waals surface area contributed by atoms with Crippen LogP contribution in [0.5, 0.6) is 0 Å². The number of halogens is 3. The van der Waals surface area contributed by atoms with Gasteiger partial charge >= 0.3 is 12.1 Å². The number of nitrogens with zero attached hydrogens (tertiary/aromatic N) is 2. The summed E-state index contributed by atoms with van der Waals surface area (Å²) in [6.45, 7) is 0. The molecule has 2 aromatic carbocycles. The largest absolute Gasteiger partial charge is 0.471 e. The number of anilines is 1. The molecule has 0 spiro atoms. The van der Waals surface area contributed by atoms with E-state index in [1.807, 2.05) is 5.32 Å². The molecule has 0 aliphatic heterocycles. The summed E-state index contributed by atoms with van der Waals surface area (Å²) >= 11 is 0. The quantitative estimate of drug-likeness (QED) is 0.496. The Morgan fingerprint density at radius 1 is 0.833 bits per heavy atom. The summed E-state index contributed by atoms with van der Waals surface area (Å²) in [7, 11) is 0. The van der Waals surface area contributed by atoms with Gasteiger partial charge < -0.3 is 5.32 Å². The Bertz CT molecular complexity index is 1230. The van der Waals surface area contributed by atoms with Crippen molar-refractivity contribution >= 4 is 23.2 Å². The molecule has 5 nitrogen and oxygen atoms in total. The number of pyridine rings is 1. The average molecular weight is 409 g/mol. The van der Waals surface area contributed by atoms with Crippen LogP contribution >= 0.6 is 0 Å². The molecule has 0 saturated heterocycles. The van der Waals surface area contributed by atoms with Gasteiger partial charge in [-0.2, -0.15) is 13.2 Å². The zero-order valence-corrected chi connectivity index (χ0v) is 15.4. The Hall–Kier alpha value is -3.94. The zero-order chi connectivity index (χ0) is 21.3. The molecule has 4 rings (SSSR count). The topological polar surface area (TPSA) is 63.5 Å². The van der Waals surface area contributed by atoms with Crippen molar-refractivity contribution in [1.29, 1.82) is 0 Å². The van der Waals surface area contributed by atoms with Crippen LogP contribution in [0.25, 0.3) is 16.9 Å². The summed E-state index contributed by atoms with van der Waals surface area (Å²) in [6, 6.07) is 20.2. The molecule has 150 valence electrons. The molecule has 0 aliphatic carbocycles. The van der Waals surface area contributed by atoms with Crippen LogP contribution in [0, 0.1) is 0 Å². The van der Waals surface area contributed by atoms with Crippen LogP contribution in [-0.4, -0.2) is 27.3 Å². The second-order valence-electron chi connectivity index (χ2n) is 6.47. The van der Waals surface area contributed by atoms with Crippen LogP contribution in [0.1, 0.15) is 15.9 Å². The minimum absolute atomic E-state index is 0.242. The lowest BCUT2D eigenvalue weighted by Gasteiger charge is -2.09. The number of carbonyl (C=O) groups excluding carboxylic acids is 2. The van der Waals surface area contributed by atoms with E-state index in [0.29, 0.717) is 16.7 Å². The maximum absolute atomic E-state index is 12.8. The van der Waals surface area contributed by atoms with E-state index in [9.17, 15) is 22.8 Å². The maximum Gasteiger partial charge on any atom is 0.471 e. The van der Waals surface area contributed by atoms with E-state index in [1.54, 1.807) is 66.7 Å². The summed E-state index contributed by atoms with van der Waals surface area (Å²) in [4.78, 5) is 28.5. The second-order valence-corrected chi connectivity index (χ2v) is 6.47. The molecule has 0 saturated carbocycles. The normalized spacial score (nSPS) is 11.4. The Balaban J connectivity index is 1.87. The SMILES string of the molecule is O=C(c1ccccc1)c1ccc2nc(NC(=O)C(F)(F)F)c(-c3ccccc3)n2c1. The van der Waals surface area contributed by atoms with Crippen molar-refractivity contribution in [2.24, 2.45) is 0 Å². The molecule has 0 fully saturated rings. The molecular weight excluding hydrogens is 395 g/mol. The first kappa shape index (κ1) is 19.4. The minimum atomic E-state index is -5.06. The van der Waals surface area contributed by atoms with Gasteiger partial charge in [0.25, 0.3) is 0 Å². The molecule has 4 aromatic rings. The predicted octanol–water partition coefficient (Wildman–Crippen LogP) is 4.73. The van der Waals surface area contributed by atoms with Crippen molar-refractivity contribution in [2.45, 2.75) is 6.18 Å². The fraction of sp³-hybridized carbons (Fsp3) is 0.0455. The first-order chi connectivity index (χ1) is 14.3. The lowest BCUT2D eigenvalue weighted by Crippen LogP contribution is -2.30. The monoisotopic (exact) mass is 409 g/mol. The smallest absolute Gasteiger partial charge is 0.301 e. The van der Waals surface area contributed by atoms with Gasteiger partial charge in [0.05, 0.1) is 5.69 Å². The minimum Gasteiger partial charge on any atom is -0.301 e. The average Bonchev–Trinajstić information content (AvgIpc) is 3.10. The standard InChI is InChI=1S/C22H14F3N3O2/c23-22(24,25)21(30)27-20-18(14-7-3-1-4-8-14)28-13-16(11-12-17(28)26-20)19(29)15-9-5-2-6-10-15/h1-13H,(H,27,30). The number of rotatable bonds is 4. The Kier molecular flexibility index (Phi) is 4.83. The van der Waals surface area contributed by atoms with E-state index in [1.165, 1.54) is 16.7 Å². The number of aromatic nitrogens is 2. The Morgan fingerprint density at radius 3 is 2.10 bits per heavy atom. The van der Waals surface area contributed by atoms with Crippen LogP contribution in [0.4, 0.5) is 19.0 Å². The molecule has 0 atom stereocenters. The lowest BCUT2D eigenvalue weighted by molar-refractivity contribution is -0.167. The van der Waals surface area contributed by atoms with Crippen molar-refractivity contribution in [3.63, 3.8) is 0 Å². The number of nitrogens with one attached hydrogen (secondary N) is 1. The number of benzene rings is 2. The summed E-state index contributed by atoms with van der Waals surface area (Å²) in [5, 5.41) is 1.84. The summed E-state index contributed by atoms with van der Waals surface area (Å²) in [6.07, 6.45) is -3.55. The molecule has 1 amide bonds. The number of imidazole rings is 1. The molecule has 2 heterocycles. The van der Waals surface area contributed by atoms with Crippen molar-refractivity contribution in [3.8, 4) is 11.3 Å². The van der Waals surface area contributed by atoms with Gasteiger partial charge in [-0.15, -0.1) is 0 Å². The van der Waals surface area contributed by atoms with Crippen LogP contribution in [0.2, 0.25) is 0 Å². The first-order valence-corrected chi connectivity index (χ1v) is 8.90. The lowest BCUT2D eigenvalue weighted by atomic mass is 10.1. The maximum atomic E-state index is 12.8. The molecule has 0 bridgehead atoms. The number of ketones is 1. The second kappa shape index (κ2) is 7.47. The van der Waals surface area contributed by atoms with Gasteiger partial charge in [0.2, 0.25) is 0 Å². The molecular formula is C22H14F3N3O2. The fourth-order valence-electron chi connectivity index (χ4n) is 3.07. The third-order valence-corrected chi connectivity index (χ3v) is 4.45. The fourth-order valence-corrected chi connectivity index (χ4v) is 3.07. The van der Waals surface area contributed by atoms with Gasteiger partial charge in [-0.25, -0.2) is 4.98 Å². The van der Waals surface area contributed by atoms with Gasteiger partial charge in [0, 0.05) is 22.9 Å². The van der Waals surface area contributed by atoms with E-state index in [0.717, 1.165) is 0 Å². The van der Waals surface area contributed by atoms with Gasteiger partial charge in [0.1, 0.15) is 5.65 Å². The van der Waals surface area contributed by atoms with Gasteiger partial charge in [-0.05, 0) is 12.1 Å². The highest BCUT2D eigenvalue weighted by atomic mass is 19.4. The summed E-state index contributed by atoms with van der Waals surface area (Å²) in [5.41, 5.74) is 1.87. The van der Waals surface area contributed by atoms with Gasteiger partial charge in [-0.3, -0.25) is 14.0 Å². The highest BCUT2D eigenvalue weighted by Gasteiger charge is 2.39. The Morgan fingerprint density at radius 2 is 1.47 bits per heavy atom. The molecule has 1 N–H and O–H groups in total. The van der Waals surface area contributed by atoms with Crippen molar-refractivity contribution in [3.05, 3.63) is 90.1 Å². The zero-order valence-electron chi connectivity index (χ0n) is 15.4. The summed E-state index contributed by atoms with van der Waals surface area (Å²) in [5.74, 6) is -2.61. The first-order valence-electron chi connectivity index (χ1n) is 8.90. The number of amides is 1. The van der Waals surface area contributed by atoms with Crippen LogP contribution in [-0.2, 0) is 4.79 Å². The molecule has 0 unspecified atom stereocenters. The van der Waals surface area contributed by atoms with Gasteiger partial charge in [-0.1, -0.05) is 60.7 Å². The van der Waals surface area contributed by atoms with E-state index < -0.39 is 12.1 Å². The molecule has 8 heteroatoms. The number of hydrogen-bond acceptors (Lipinski definition) is 3. The van der Waals surface area contributed by atoms with Crippen LogP contribution < -0.4 is 5.32 Å². The van der Waals surface area contributed by atoms with E-state index in [4.69, 9.17) is 0 Å². The number of fused-ring (bicyclic) bond motifs is 1. The molecule has 0 aliphatic rings. The van der Waals surface area contributed by atoms with Crippen LogP contribution in [0.3, 0.4) is 0 Å². The van der Waals surface area contributed by atoms with Crippen molar-refractivity contribution < 1.29 is 22.8 Å². The van der Waals surface area contributed by atoms with Crippen molar-refractivity contribution in [1.82, 2.24) is 9.38 Å². The van der Waals surface area contributed by atoms with E-state index in [2.05, 4.69) is 4.98 Å². The third kappa shape index (κ3) is 3.67. The van der Waals surface area contributed by atoms with E-state index >= 15 is 0 Å². The van der Waals surface area contributed by atoms with Crippen molar-refractivity contribution in [2.75, 3.05) is 5.32 Å². The Labute approximate surface area is 168 Å². The summed E-state index contributed by atoms with van der Waals surface area (Å²) < 4.78 is 39.9. The van der Waals surface area contributed by atoms with Crippen LogP contribution in [0.15, 0.2) is 79.0 Å². The molecule has 2 aromatic heterocycles. The number of hydrogen-bond donors (Lipinski definition) is 1. The molecule has 0 radical (unpaired) electrons. The highest BCUT2D eigenvalue weighted by Crippen LogP contribution is 2.31. The highest BCUT2D eigenvalue weighted by molar-refractivity contribution is 6.09. The molecule has 30 heavy (non-hydrogen) atoms. The predicted molar refractivity (Wildman–Crippen MR) is 105 cm³/mol. The van der Waals surface area contributed by atoms with Gasteiger partial charge in [0.15, 0.2) is 11.6 Å². The number of carbonyl (C=O) groups is 2.